The van der Waals surface area contributed by atoms with Gasteiger partial charge in [0.1, 0.15) is 0 Å². The first-order valence-electron chi connectivity index (χ1n) is 6.62. The fraction of sp³-hybridized carbons (Fsp3) is 0.714. The summed E-state index contributed by atoms with van der Waals surface area (Å²) in [6.45, 7) is 6.80. The van der Waals surface area contributed by atoms with E-state index in [9.17, 15) is 0 Å². The van der Waals surface area contributed by atoms with E-state index in [0.717, 1.165) is 30.5 Å². The first-order valence-corrected chi connectivity index (χ1v) is 7.88. The first kappa shape index (κ1) is 15.0. The third kappa shape index (κ3) is 7.07. The van der Waals surface area contributed by atoms with Gasteiger partial charge >= 0.3 is 0 Å². The normalized spacial score (nSPS) is 11.3. The van der Waals surface area contributed by atoms with Crippen LogP contribution in [0.4, 0.5) is 0 Å². The maximum absolute atomic E-state index is 6.05. The van der Waals surface area contributed by atoms with Gasteiger partial charge < -0.3 is 5.32 Å². The van der Waals surface area contributed by atoms with Gasteiger partial charge in [0.15, 0.2) is 0 Å². The van der Waals surface area contributed by atoms with Crippen molar-refractivity contribution in [1.29, 1.82) is 0 Å². The summed E-state index contributed by atoms with van der Waals surface area (Å²) in [7, 11) is 0. The van der Waals surface area contributed by atoms with Crippen molar-refractivity contribution in [1.82, 2.24) is 5.32 Å². The Morgan fingerprint density at radius 3 is 2.65 bits per heavy atom. The predicted octanol–water partition coefficient (Wildman–Crippen LogP) is 4.75. The molecule has 0 fully saturated rings. The molecule has 0 saturated carbocycles. The lowest BCUT2D eigenvalue weighted by Gasteiger charge is -2.06. The number of halogens is 1. The molecule has 1 rings (SSSR count). The van der Waals surface area contributed by atoms with E-state index < -0.39 is 0 Å². The Morgan fingerprint density at radius 2 is 2.00 bits per heavy atom. The zero-order chi connectivity index (χ0) is 12.5. The lowest BCUT2D eigenvalue weighted by molar-refractivity contribution is 0.526. The minimum Gasteiger partial charge on any atom is -0.316 e. The smallest absolute Gasteiger partial charge is 0.0544 e. The molecule has 1 aromatic heterocycles. The summed E-state index contributed by atoms with van der Waals surface area (Å²) in [5.74, 6) is 0.760. The second-order valence-corrected chi connectivity index (χ2v) is 6.36. The van der Waals surface area contributed by atoms with Crippen LogP contribution < -0.4 is 5.32 Å². The average molecular weight is 274 g/mol. The Kier molecular flexibility index (Phi) is 7.91. The van der Waals surface area contributed by atoms with Crippen LogP contribution in [0, 0.1) is 5.92 Å². The van der Waals surface area contributed by atoms with Crippen LogP contribution in [0.25, 0.3) is 0 Å². The highest BCUT2D eigenvalue weighted by atomic mass is 35.5. The van der Waals surface area contributed by atoms with E-state index in [2.05, 4.69) is 24.5 Å². The van der Waals surface area contributed by atoms with E-state index >= 15 is 0 Å². The largest absolute Gasteiger partial charge is 0.316 e. The summed E-state index contributed by atoms with van der Waals surface area (Å²) in [5.41, 5.74) is 0. The van der Waals surface area contributed by atoms with Gasteiger partial charge in [0.05, 0.1) is 5.02 Å². The average Bonchev–Trinajstić information content (AvgIpc) is 2.68. The lowest BCUT2D eigenvalue weighted by atomic mass is 10.1. The molecule has 0 aromatic carbocycles. The molecule has 1 aromatic rings. The summed E-state index contributed by atoms with van der Waals surface area (Å²) in [4.78, 5) is 1.35. The van der Waals surface area contributed by atoms with Crippen molar-refractivity contribution < 1.29 is 0 Å². The highest BCUT2D eigenvalue weighted by molar-refractivity contribution is 7.10. The van der Waals surface area contributed by atoms with Crippen LogP contribution in [0.3, 0.4) is 0 Å². The Morgan fingerprint density at radius 1 is 1.24 bits per heavy atom. The van der Waals surface area contributed by atoms with Crippen LogP contribution in [0.15, 0.2) is 11.4 Å². The van der Waals surface area contributed by atoms with Crippen LogP contribution in [-0.2, 0) is 6.42 Å². The van der Waals surface area contributed by atoms with Crippen molar-refractivity contribution in [2.45, 2.75) is 46.0 Å². The maximum atomic E-state index is 6.05. The molecule has 0 atom stereocenters. The summed E-state index contributed by atoms with van der Waals surface area (Å²) in [6, 6.07) is 2.00. The maximum Gasteiger partial charge on any atom is 0.0544 e. The van der Waals surface area contributed by atoms with E-state index in [-0.39, 0.29) is 0 Å². The van der Waals surface area contributed by atoms with Gasteiger partial charge in [-0.15, -0.1) is 11.3 Å². The third-order valence-electron chi connectivity index (χ3n) is 2.75. The summed E-state index contributed by atoms with van der Waals surface area (Å²) >= 11 is 7.83. The molecular formula is C14H24ClNS. The Balaban J connectivity index is 1.90. The second kappa shape index (κ2) is 8.96. The molecule has 0 amide bonds. The molecule has 0 aliphatic rings. The van der Waals surface area contributed by atoms with Crippen molar-refractivity contribution in [3.63, 3.8) is 0 Å². The zero-order valence-electron chi connectivity index (χ0n) is 11.0. The topological polar surface area (TPSA) is 12.0 Å². The summed E-state index contributed by atoms with van der Waals surface area (Å²) < 4.78 is 0. The number of rotatable bonds is 9. The van der Waals surface area contributed by atoms with E-state index in [1.807, 2.05) is 6.07 Å². The number of nitrogens with one attached hydrogen (secondary N) is 1. The quantitative estimate of drug-likeness (QED) is 0.640. The van der Waals surface area contributed by atoms with Crippen molar-refractivity contribution >= 4 is 22.9 Å². The molecule has 0 aliphatic heterocycles. The molecule has 1 heterocycles. The van der Waals surface area contributed by atoms with Crippen LogP contribution in [0.2, 0.25) is 5.02 Å². The number of unbranched alkanes of at least 4 members (excludes halogenated alkanes) is 3. The van der Waals surface area contributed by atoms with Crippen molar-refractivity contribution in [2.75, 3.05) is 13.1 Å². The van der Waals surface area contributed by atoms with Crippen molar-refractivity contribution in [3.8, 4) is 0 Å². The van der Waals surface area contributed by atoms with Crippen molar-refractivity contribution in [3.05, 3.63) is 21.3 Å². The number of hydrogen-bond acceptors (Lipinski definition) is 2. The van der Waals surface area contributed by atoms with Gasteiger partial charge in [-0.1, -0.05) is 38.3 Å². The molecule has 0 radical (unpaired) electrons. The fourth-order valence-corrected chi connectivity index (χ4v) is 2.96. The third-order valence-corrected chi connectivity index (χ3v) is 4.20. The van der Waals surface area contributed by atoms with Crippen LogP contribution in [0.1, 0.15) is 44.4 Å². The molecule has 0 aliphatic carbocycles. The van der Waals surface area contributed by atoms with Crippen LogP contribution in [0.5, 0.6) is 0 Å². The molecular weight excluding hydrogens is 250 g/mol. The SMILES string of the molecule is CC(C)CNCCCCCCc1sccc1Cl. The lowest BCUT2D eigenvalue weighted by Crippen LogP contribution is -2.20. The fourth-order valence-electron chi connectivity index (χ4n) is 1.78. The number of hydrogen-bond donors (Lipinski definition) is 1. The van der Waals surface area contributed by atoms with E-state index in [1.54, 1.807) is 11.3 Å². The van der Waals surface area contributed by atoms with Gasteiger partial charge in [0, 0.05) is 4.88 Å². The predicted molar refractivity (Wildman–Crippen MR) is 79.2 cm³/mol. The molecule has 1 N–H and O–H groups in total. The van der Waals surface area contributed by atoms with Crippen LogP contribution in [-0.4, -0.2) is 13.1 Å². The first-order chi connectivity index (χ1) is 8.20. The number of aryl methyl sites for hydroxylation is 1. The molecule has 1 nitrogen and oxygen atoms in total. The second-order valence-electron chi connectivity index (χ2n) is 4.95. The minimum atomic E-state index is 0.760. The molecule has 0 spiro atoms. The monoisotopic (exact) mass is 273 g/mol. The molecule has 0 unspecified atom stereocenters. The van der Waals surface area contributed by atoms with Gasteiger partial charge in [0.2, 0.25) is 0 Å². The van der Waals surface area contributed by atoms with E-state index in [1.165, 1.54) is 30.6 Å². The van der Waals surface area contributed by atoms with E-state index in [4.69, 9.17) is 11.6 Å². The number of thiophene rings is 1. The molecule has 17 heavy (non-hydrogen) atoms. The highest BCUT2D eigenvalue weighted by Gasteiger charge is 2.00. The Labute approximate surface area is 115 Å². The molecule has 98 valence electrons. The van der Waals surface area contributed by atoms with Gasteiger partial charge in [-0.25, -0.2) is 0 Å². The van der Waals surface area contributed by atoms with Crippen LogP contribution >= 0.6 is 22.9 Å². The van der Waals surface area contributed by atoms with Gasteiger partial charge in [-0.3, -0.25) is 0 Å². The zero-order valence-corrected chi connectivity index (χ0v) is 12.5. The van der Waals surface area contributed by atoms with Gasteiger partial charge in [-0.2, -0.15) is 0 Å². The highest BCUT2D eigenvalue weighted by Crippen LogP contribution is 2.23. The Hall–Kier alpha value is -0.0500. The van der Waals surface area contributed by atoms with Gasteiger partial charge in [0.25, 0.3) is 0 Å². The van der Waals surface area contributed by atoms with Crippen molar-refractivity contribution in [2.24, 2.45) is 5.92 Å². The summed E-state index contributed by atoms with van der Waals surface area (Å²) in [5, 5.41) is 6.51. The summed E-state index contributed by atoms with van der Waals surface area (Å²) in [6.07, 6.45) is 6.36. The van der Waals surface area contributed by atoms with E-state index in [0.29, 0.717) is 0 Å². The van der Waals surface area contributed by atoms with Gasteiger partial charge in [-0.05, 0) is 49.7 Å². The molecule has 3 heteroatoms. The molecule has 0 saturated heterocycles. The Bertz CT molecular complexity index is 296. The standard InChI is InChI=1S/C14H24ClNS/c1-12(2)11-16-9-6-4-3-5-7-14-13(15)8-10-17-14/h8,10,12,16H,3-7,9,11H2,1-2H3. The minimum absolute atomic E-state index is 0.760. The molecule has 0 bridgehead atoms.